The molecule has 2 aromatic rings. The van der Waals surface area contributed by atoms with Crippen molar-refractivity contribution in [2.45, 2.75) is 24.3 Å². The molecule has 0 saturated carbocycles. The summed E-state index contributed by atoms with van der Waals surface area (Å²) in [6.45, 7) is 2.78. The van der Waals surface area contributed by atoms with Gasteiger partial charge in [-0.25, -0.2) is 8.42 Å². The topological polar surface area (TPSA) is 89.3 Å². The van der Waals surface area contributed by atoms with Gasteiger partial charge in [0.05, 0.1) is 4.90 Å². The number of halogens is 1. The molecule has 0 aliphatic heterocycles. The largest absolute Gasteiger partial charge is 0.264 e. The molecule has 0 heterocycles. The lowest BCUT2D eigenvalue weighted by Crippen LogP contribution is -2.48. The molecule has 2 aromatic carbocycles. The predicted molar refractivity (Wildman–Crippen MR) is 94.9 cm³/mol. The Hall–Kier alpha value is -1.77. The average molecular weight is 413 g/mol. The van der Waals surface area contributed by atoms with Crippen molar-refractivity contribution in [2.24, 2.45) is 0 Å². The predicted octanol–water partition coefficient (Wildman–Crippen LogP) is 3.23. The molecule has 0 aliphatic rings. The van der Waals surface area contributed by atoms with Gasteiger partial charge in [-0.05, 0) is 43.7 Å². The second-order valence-electron chi connectivity index (χ2n) is 5.75. The Morgan fingerprint density at radius 1 is 1.12 bits per heavy atom. The van der Waals surface area contributed by atoms with Gasteiger partial charge >= 0.3 is 0 Å². The van der Waals surface area contributed by atoms with Gasteiger partial charge in [-0.1, -0.05) is 45.8 Å². The van der Waals surface area contributed by atoms with Crippen LogP contribution in [0.1, 0.15) is 18.1 Å². The monoisotopic (exact) mass is 412 g/mol. The zero-order chi connectivity index (χ0) is 18.0. The SMILES string of the molecule is Cc1ccc(S(=O)(=O)N[C@](C)(C[N+](=O)[O-])c2ccc(Br)cc2)cc1. The number of nitrogens with zero attached hydrogens (tertiary/aromatic N) is 1. The fraction of sp³-hybridized carbons (Fsp3) is 0.250. The van der Waals surface area contributed by atoms with Crippen LogP contribution < -0.4 is 4.72 Å². The maximum absolute atomic E-state index is 12.6. The van der Waals surface area contributed by atoms with E-state index in [1.54, 1.807) is 36.4 Å². The molecular weight excluding hydrogens is 396 g/mol. The van der Waals surface area contributed by atoms with Crippen LogP contribution in [0.15, 0.2) is 57.9 Å². The number of hydrogen-bond acceptors (Lipinski definition) is 4. The summed E-state index contributed by atoms with van der Waals surface area (Å²) in [6.07, 6.45) is 0. The molecule has 1 atom stereocenters. The minimum absolute atomic E-state index is 0.0692. The Morgan fingerprint density at radius 3 is 2.17 bits per heavy atom. The standard InChI is InChI=1S/C16H17BrN2O4S/c1-12-3-9-15(10-4-12)24(22,23)18-16(2,11-19(20)21)13-5-7-14(17)8-6-13/h3-10,18H,11H2,1-2H3/t16-/m1/s1. The molecular formula is C16H17BrN2O4S. The fourth-order valence-corrected chi connectivity index (χ4v) is 3.98. The smallest absolute Gasteiger partial charge is 0.241 e. The molecule has 0 unspecified atom stereocenters. The van der Waals surface area contributed by atoms with Gasteiger partial charge in [0.25, 0.3) is 0 Å². The van der Waals surface area contributed by atoms with Gasteiger partial charge in [0, 0.05) is 9.40 Å². The zero-order valence-electron chi connectivity index (χ0n) is 13.2. The maximum Gasteiger partial charge on any atom is 0.241 e. The quantitative estimate of drug-likeness (QED) is 0.582. The number of sulfonamides is 1. The number of rotatable bonds is 6. The van der Waals surface area contributed by atoms with E-state index in [1.807, 2.05) is 6.92 Å². The first-order valence-corrected chi connectivity index (χ1v) is 9.38. The highest BCUT2D eigenvalue weighted by Gasteiger charge is 2.37. The molecule has 0 radical (unpaired) electrons. The summed E-state index contributed by atoms with van der Waals surface area (Å²) < 4.78 is 28.6. The van der Waals surface area contributed by atoms with Crippen LogP contribution in [-0.2, 0) is 15.6 Å². The number of hydrogen-bond donors (Lipinski definition) is 1. The maximum atomic E-state index is 12.6. The summed E-state index contributed by atoms with van der Waals surface area (Å²) in [5.74, 6) is 0. The van der Waals surface area contributed by atoms with E-state index in [2.05, 4.69) is 20.7 Å². The van der Waals surface area contributed by atoms with Crippen LogP contribution in [0.25, 0.3) is 0 Å². The van der Waals surface area contributed by atoms with E-state index in [0.29, 0.717) is 5.56 Å². The van der Waals surface area contributed by atoms with Crippen molar-refractivity contribution in [3.63, 3.8) is 0 Å². The van der Waals surface area contributed by atoms with Gasteiger partial charge in [0.15, 0.2) is 0 Å². The number of nitro groups is 1. The third-order valence-corrected chi connectivity index (χ3v) is 5.76. The van der Waals surface area contributed by atoms with E-state index in [4.69, 9.17) is 0 Å². The van der Waals surface area contributed by atoms with Gasteiger partial charge in [-0.3, -0.25) is 10.1 Å². The van der Waals surface area contributed by atoms with Crippen LogP contribution >= 0.6 is 15.9 Å². The van der Waals surface area contributed by atoms with Gasteiger partial charge < -0.3 is 0 Å². The Kier molecular flexibility index (Phi) is 5.42. The third-order valence-electron chi connectivity index (χ3n) is 3.62. The highest BCUT2D eigenvalue weighted by molar-refractivity contribution is 9.10. The van der Waals surface area contributed by atoms with Crippen molar-refractivity contribution in [3.05, 3.63) is 74.2 Å². The minimum Gasteiger partial charge on any atom is -0.264 e. The molecule has 0 fully saturated rings. The van der Waals surface area contributed by atoms with E-state index in [-0.39, 0.29) is 4.90 Å². The lowest BCUT2D eigenvalue weighted by molar-refractivity contribution is -0.490. The van der Waals surface area contributed by atoms with Crippen LogP contribution in [0.2, 0.25) is 0 Å². The highest BCUT2D eigenvalue weighted by atomic mass is 79.9. The Morgan fingerprint density at radius 2 is 1.67 bits per heavy atom. The van der Waals surface area contributed by atoms with Crippen LogP contribution in [0.5, 0.6) is 0 Å². The second-order valence-corrected chi connectivity index (χ2v) is 8.35. The fourth-order valence-electron chi connectivity index (χ4n) is 2.33. The van der Waals surface area contributed by atoms with Gasteiger partial charge in [-0.15, -0.1) is 0 Å². The molecule has 6 nitrogen and oxygen atoms in total. The molecule has 8 heteroatoms. The molecule has 0 spiro atoms. The van der Waals surface area contributed by atoms with E-state index in [1.165, 1.54) is 19.1 Å². The summed E-state index contributed by atoms with van der Waals surface area (Å²) in [6, 6.07) is 13.1. The normalized spacial score (nSPS) is 14.1. The first-order valence-electron chi connectivity index (χ1n) is 7.11. The third kappa shape index (κ3) is 4.40. The summed E-state index contributed by atoms with van der Waals surface area (Å²) in [4.78, 5) is 10.6. The van der Waals surface area contributed by atoms with Gasteiger partial charge in [0.2, 0.25) is 16.6 Å². The first-order chi connectivity index (χ1) is 11.1. The van der Waals surface area contributed by atoms with Crippen molar-refractivity contribution in [1.82, 2.24) is 4.72 Å². The van der Waals surface area contributed by atoms with E-state index >= 15 is 0 Å². The Balaban J connectivity index is 2.43. The molecule has 0 bridgehead atoms. The lowest BCUT2D eigenvalue weighted by Gasteiger charge is -2.27. The van der Waals surface area contributed by atoms with Gasteiger partial charge in [-0.2, -0.15) is 4.72 Å². The van der Waals surface area contributed by atoms with E-state index < -0.39 is 27.0 Å². The summed E-state index contributed by atoms with van der Waals surface area (Å²) >= 11 is 3.30. The molecule has 24 heavy (non-hydrogen) atoms. The molecule has 0 aromatic heterocycles. The molecule has 0 aliphatic carbocycles. The Bertz CT molecular complexity index is 835. The lowest BCUT2D eigenvalue weighted by atomic mass is 9.93. The number of aryl methyl sites for hydroxylation is 1. The second kappa shape index (κ2) is 7.00. The van der Waals surface area contributed by atoms with Crippen molar-refractivity contribution in [1.29, 1.82) is 0 Å². The van der Waals surface area contributed by atoms with Crippen LogP contribution in [0, 0.1) is 17.0 Å². The molecule has 0 amide bonds. The minimum atomic E-state index is -3.90. The molecule has 128 valence electrons. The van der Waals surface area contributed by atoms with Crippen molar-refractivity contribution >= 4 is 26.0 Å². The highest BCUT2D eigenvalue weighted by Crippen LogP contribution is 2.26. The zero-order valence-corrected chi connectivity index (χ0v) is 15.6. The summed E-state index contributed by atoms with van der Waals surface area (Å²) in [5.41, 5.74) is 0.0708. The van der Waals surface area contributed by atoms with Crippen LogP contribution in [0.3, 0.4) is 0 Å². The molecule has 1 N–H and O–H groups in total. The Labute approximate surface area is 149 Å². The van der Waals surface area contributed by atoms with Crippen molar-refractivity contribution in [2.75, 3.05) is 6.54 Å². The van der Waals surface area contributed by atoms with Gasteiger partial charge in [0.1, 0.15) is 5.54 Å². The van der Waals surface area contributed by atoms with Crippen LogP contribution in [-0.4, -0.2) is 19.9 Å². The van der Waals surface area contributed by atoms with Crippen molar-refractivity contribution in [3.8, 4) is 0 Å². The molecule has 2 rings (SSSR count). The first kappa shape index (κ1) is 18.6. The summed E-state index contributed by atoms with van der Waals surface area (Å²) in [5, 5.41) is 11.1. The molecule has 0 saturated heterocycles. The van der Waals surface area contributed by atoms with Crippen molar-refractivity contribution < 1.29 is 13.3 Å². The summed E-state index contributed by atoms with van der Waals surface area (Å²) in [7, 11) is -3.90. The van der Waals surface area contributed by atoms with E-state index in [0.717, 1.165) is 10.0 Å². The van der Waals surface area contributed by atoms with Crippen LogP contribution in [0.4, 0.5) is 0 Å². The number of nitrogens with one attached hydrogen (secondary N) is 1. The van der Waals surface area contributed by atoms with E-state index in [9.17, 15) is 18.5 Å². The number of benzene rings is 2. The average Bonchev–Trinajstić information content (AvgIpc) is 2.46.